The maximum atomic E-state index is 11.8. The molecular weight excluding hydrogens is 186 g/mol. The summed E-state index contributed by atoms with van der Waals surface area (Å²) in [5.41, 5.74) is 0. The Morgan fingerprint density at radius 1 is 1.57 bits per heavy atom. The lowest BCUT2D eigenvalue weighted by Gasteiger charge is -2.29. The van der Waals surface area contributed by atoms with Crippen LogP contribution in [0.4, 0.5) is 0 Å². The lowest BCUT2D eigenvalue weighted by molar-refractivity contribution is -0.146. The molecule has 0 saturated carbocycles. The highest BCUT2D eigenvalue weighted by molar-refractivity contribution is 5.81. The quantitative estimate of drug-likeness (QED) is 0.652. The monoisotopic (exact) mass is 203 g/mol. The molecule has 0 aromatic rings. The largest absolute Gasteiger partial charge is 0.396 e. The number of ether oxygens (including phenoxy) is 2. The minimum absolute atomic E-state index is 0.0331. The summed E-state index contributed by atoms with van der Waals surface area (Å²) in [6.07, 6.45) is -0.162. The smallest absolute Gasteiger partial charge is 0.251 e. The SMILES string of the molecule is CO[C@H](CCO)C(=O)N1CCOCC1. The van der Waals surface area contributed by atoms with Gasteiger partial charge in [0.05, 0.1) is 13.2 Å². The van der Waals surface area contributed by atoms with Crippen LogP contribution >= 0.6 is 0 Å². The van der Waals surface area contributed by atoms with Crippen molar-refractivity contribution in [3.8, 4) is 0 Å². The lowest BCUT2D eigenvalue weighted by atomic mass is 10.2. The van der Waals surface area contributed by atoms with Crippen LogP contribution in [0.25, 0.3) is 0 Å². The molecule has 1 atom stereocenters. The lowest BCUT2D eigenvalue weighted by Crippen LogP contribution is -2.46. The number of nitrogens with zero attached hydrogens (tertiary/aromatic N) is 1. The van der Waals surface area contributed by atoms with E-state index in [9.17, 15) is 4.79 Å². The first kappa shape index (κ1) is 11.4. The van der Waals surface area contributed by atoms with Gasteiger partial charge in [0, 0.05) is 33.2 Å². The molecule has 0 aromatic carbocycles. The third-order valence-electron chi connectivity index (χ3n) is 2.27. The van der Waals surface area contributed by atoms with Gasteiger partial charge in [0.15, 0.2) is 0 Å². The standard InChI is InChI=1S/C9H17NO4/c1-13-8(2-5-11)9(12)10-3-6-14-7-4-10/h8,11H,2-7H2,1H3/t8-/m1/s1. The second-order valence-electron chi connectivity index (χ2n) is 3.17. The summed E-state index contributed by atoms with van der Waals surface area (Å²) >= 11 is 0. The zero-order valence-electron chi connectivity index (χ0n) is 8.44. The van der Waals surface area contributed by atoms with E-state index in [0.29, 0.717) is 32.7 Å². The van der Waals surface area contributed by atoms with Crippen molar-refractivity contribution in [3.05, 3.63) is 0 Å². The molecular formula is C9H17NO4. The second kappa shape index (κ2) is 5.95. The molecule has 0 unspecified atom stereocenters. The van der Waals surface area contributed by atoms with Crippen molar-refractivity contribution in [1.29, 1.82) is 0 Å². The van der Waals surface area contributed by atoms with Crippen LogP contribution in [0.3, 0.4) is 0 Å². The highest BCUT2D eigenvalue weighted by Gasteiger charge is 2.24. The Morgan fingerprint density at radius 2 is 2.21 bits per heavy atom. The number of amides is 1. The van der Waals surface area contributed by atoms with Gasteiger partial charge >= 0.3 is 0 Å². The van der Waals surface area contributed by atoms with Crippen LogP contribution in [-0.2, 0) is 14.3 Å². The van der Waals surface area contributed by atoms with E-state index in [1.165, 1.54) is 7.11 Å². The third-order valence-corrected chi connectivity index (χ3v) is 2.27. The Kier molecular flexibility index (Phi) is 4.86. The number of methoxy groups -OCH3 is 1. The molecule has 1 saturated heterocycles. The Bertz CT molecular complexity index is 173. The van der Waals surface area contributed by atoms with Gasteiger partial charge in [-0.2, -0.15) is 0 Å². The molecule has 1 N–H and O–H groups in total. The Morgan fingerprint density at radius 3 is 2.71 bits per heavy atom. The zero-order chi connectivity index (χ0) is 10.4. The molecule has 1 aliphatic rings. The average Bonchev–Trinajstić information content (AvgIpc) is 2.26. The van der Waals surface area contributed by atoms with Gasteiger partial charge in [-0.3, -0.25) is 4.79 Å². The number of hydrogen-bond acceptors (Lipinski definition) is 4. The summed E-state index contributed by atoms with van der Waals surface area (Å²) in [7, 11) is 1.48. The van der Waals surface area contributed by atoms with Gasteiger partial charge in [0.2, 0.25) is 0 Å². The molecule has 5 heteroatoms. The van der Waals surface area contributed by atoms with Crippen molar-refractivity contribution in [1.82, 2.24) is 4.90 Å². The van der Waals surface area contributed by atoms with Gasteiger partial charge in [-0.1, -0.05) is 0 Å². The predicted octanol–water partition coefficient (Wildman–Crippen LogP) is -0.757. The highest BCUT2D eigenvalue weighted by Crippen LogP contribution is 2.05. The normalized spacial score (nSPS) is 19.4. The summed E-state index contributed by atoms with van der Waals surface area (Å²) in [4.78, 5) is 13.5. The van der Waals surface area contributed by atoms with E-state index >= 15 is 0 Å². The predicted molar refractivity (Wildman–Crippen MR) is 49.9 cm³/mol. The summed E-state index contributed by atoms with van der Waals surface area (Å²) in [5.74, 6) is -0.0511. The Hall–Kier alpha value is -0.650. The van der Waals surface area contributed by atoms with E-state index in [-0.39, 0.29) is 12.5 Å². The van der Waals surface area contributed by atoms with Crippen LogP contribution in [0.1, 0.15) is 6.42 Å². The minimum Gasteiger partial charge on any atom is -0.396 e. The van der Waals surface area contributed by atoms with Crippen molar-refractivity contribution in [2.45, 2.75) is 12.5 Å². The molecule has 1 heterocycles. The highest BCUT2D eigenvalue weighted by atomic mass is 16.5. The number of carbonyl (C=O) groups excluding carboxylic acids is 1. The number of aliphatic hydroxyl groups excluding tert-OH is 1. The summed E-state index contributed by atoms with van der Waals surface area (Å²) in [6.45, 7) is 2.37. The van der Waals surface area contributed by atoms with E-state index in [1.807, 2.05) is 0 Å². The van der Waals surface area contributed by atoms with Crippen LogP contribution in [0, 0.1) is 0 Å². The van der Waals surface area contributed by atoms with E-state index in [4.69, 9.17) is 14.6 Å². The molecule has 82 valence electrons. The molecule has 5 nitrogen and oxygen atoms in total. The summed E-state index contributed by atoms with van der Waals surface area (Å²) in [6, 6.07) is 0. The van der Waals surface area contributed by atoms with Gasteiger partial charge in [-0.05, 0) is 0 Å². The topological polar surface area (TPSA) is 59.0 Å². The molecule has 0 aliphatic carbocycles. The summed E-state index contributed by atoms with van der Waals surface area (Å²) < 4.78 is 10.2. The summed E-state index contributed by atoms with van der Waals surface area (Å²) in [5, 5.41) is 8.74. The first-order valence-electron chi connectivity index (χ1n) is 4.79. The van der Waals surface area contributed by atoms with Crippen LogP contribution in [-0.4, -0.2) is 62.0 Å². The second-order valence-corrected chi connectivity index (χ2v) is 3.17. The van der Waals surface area contributed by atoms with Gasteiger partial charge < -0.3 is 19.5 Å². The first-order chi connectivity index (χ1) is 6.79. The van der Waals surface area contributed by atoms with Gasteiger partial charge in [-0.25, -0.2) is 0 Å². The molecule has 1 amide bonds. The molecule has 1 aliphatic heterocycles. The molecule has 14 heavy (non-hydrogen) atoms. The fourth-order valence-electron chi connectivity index (χ4n) is 1.45. The molecule has 1 rings (SSSR count). The number of rotatable bonds is 4. The fraction of sp³-hybridized carbons (Fsp3) is 0.889. The zero-order valence-corrected chi connectivity index (χ0v) is 8.44. The van der Waals surface area contributed by atoms with Crippen LogP contribution in [0.5, 0.6) is 0 Å². The van der Waals surface area contributed by atoms with E-state index in [1.54, 1.807) is 4.90 Å². The maximum Gasteiger partial charge on any atom is 0.251 e. The van der Waals surface area contributed by atoms with Crippen molar-refractivity contribution in [2.24, 2.45) is 0 Å². The number of aliphatic hydroxyl groups is 1. The minimum atomic E-state index is -0.516. The van der Waals surface area contributed by atoms with Gasteiger partial charge in [-0.15, -0.1) is 0 Å². The molecule has 0 aromatic heterocycles. The van der Waals surface area contributed by atoms with E-state index in [2.05, 4.69) is 0 Å². The number of carbonyl (C=O) groups is 1. The molecule has 0 bridgehead atoms. The molecule has 0 spiro atoms. The van der Waals surface area contributed by atoms with Crippen molar-refractivity contribution >= 4 is 5.91 Å². The van der Waals surface area contributed by atoms with E-state index < -0.39 is 6.10 Å². The average molecular weight is 203 g/mol. The fourth-order valence-corrected chi connectivity index (χ4v) is 1.45. The molecule has 0 radical (unpaired) electrons. The first-order valence-corrected chi connectivity index (χ1v) is 4.79. The van der Waals surface area contributed by atoms with Crippen molar-refractivity contribution in [2.75, 3.05) is 40.0 Å². The van der Waals surface area contributed by atoms with Gasteiger partial charge in [0.1, 0.15) is 6.10 Å². The maximum absolute atomic E-state index is 11.8. The Balaban J connectivity index is 2.43. The van der Waals surface area contributed by atoms with Crippen molar-refractivity contribution in [3.63, 3.8) is 0 Å². The van der Waals surface area contributed by atoms with Crippen LogP contribution in [0.15, 0.2) is 0 Å². The van der Waals surface area contributed by atoms with Crippen LogP contribution < -0.4 is 0 Å². The van der Waals surface area contributed by atoms with Gasteiger partial charge in [0.25, 0.3) is 5.91 Å². The van der Waals surface area contributed by atoms with E-state index in [0.717, 1.165) is 0 Å². The Labute approximate surface area is 83.6 Å². The third kappa shape index (κ3) is 2.94. The van der Waals surface area contributed by atoms with Crippen LogP contribution in [0.2, 0.25) is 0 Å². The number of hydrogen-bond donors (Lipinski definition) is 1. The molecule has 1 fully saturated rings. The number of morpholine rings is 1. The van der Waals surface area contributed by atoms with Crippen molar-refractivity contribution < 1.29 is 19.4 Å².